The van der Waals surface area contributed by atoms with Crippen LogP contribution in [0.2, 0.25) is 0 Å². The molecule has 0 unspecified atom stereocenters. The van der Waals surface area contributed by atoms with Crippen molar-refractivity contribution < 1.29 is 18.8 Å². The maximum absolute atomic E-state index is 12.6. The third kappa shape index (κ3) is 4.67. The number of aryl methyl sites for hydroxylation is 2. The van der Waals surface area contributed by atoms with Gasteiger partial charge in [0.2, 0.25) is 5.91 Å². The van der Waals surface area contributed by atoms with E-state index in [1.165, 1.54) is 0 Å². The van der Waals surface area contributed by atoms with Crippen molar-refractivity contribution in [1.82, 2.24) is 15.0 Å². The Hall–Kier alpha value is -2.48. The van der Waals surface area contributed by atoms with Crippen molar-refractivity contribution in [2.24, 2.45) is 0 Å². The summed E-state index contributed by atoms with van der Waals surface area (Å²) >= 11 is 1.56. The largest absolute Gasteiger partial charge is 0.497 e. The standard InChI is InChI=1S/C20H25N3O4S/c1-14-18(15(2)27-21-14)12-28-13-19(24)22-8-10-23(11-9-22)20(25)16-4-6-17(26-3)7-5-16/h4-7H,8-13H2,1-3H3. The molecule has 1 aliphatic heterocycles. The average molecular weight is 404 g/mol. The van der Waals surface area contributed by atoms with Gasteiger partial charge >= 0.3 is 0 Å². The number of hydrogen-bond donors (Lipinski definition) is 0. The van der Waals surface area contributed by atoms with Crippen LogP contribution in [-0.2, 0) is 10.5 Å². The van der Waals surface area contributed by atoms with Gasteiger partial charge in [-0.1, -0.05) is 5.16 Å². The Morgan fingerprint density at radius 1 is 1.11 bits per heavy atom. The molecule has 1 aliphatic rings. The molecular weight excluding hydrogens is 378 g/mol. The zero-order valence-corrected chi connectivity index (χ0v) is 17.3. The zero-order chi connectivity index (χ0) is 20.1. The molecule has 0 atom stereocenters. The van der Waals surface area contributed by atoms with Crippen LogP contribution < -0.4 is 4.74 Å². The highest BCUT2D eigenvalue weighted by Gasteiger charge is 2.25. The number of carbonyl (C=O) groups is 2. The van der Waals surface area contributed by atoms with Crippen LogP contribution >= 0.6 is 11.8 Å². The molecule has 0 aliphatic carbocycles. The summed E-state index contributed by atoms with van der Waals surface area (Å²) in [5.41, 5.74) is 2.58. The Morgan fingerprint density at radius 3 is 2.32 bits per heavy atom. The van der Waals surface area contributed by atoms with Gasteiger partial charge in [-0.25, -0.2) is 0 Å². The predicted molar refractivity (Wildman–Crippen MR) is 108 cm³/mol. The summed E-state index contributed by atoms with van der Waals surface area (Å²) in [7, 11) is 1.60. The summed E-state index contributed by atoms with van der Waals surface area (Å²) in [6, 6.07) is 7.10. The molecule has 0 bridgehead atoms. The summed E-state index contributed by atoms with van der Waals surface area (Å²) in [6.07, 6.45) is 0. The summed E-state index contributed by atoms with van der Waals surface area (Å²) < 4.78 is 10.3. The molecule has 0 radical (unpaired) electrons. The van der Waals surface area contributed by atoms with Crippen molar-refractivity contribution in [3.8, 4) is 5.75 Å². The van der Waals surface area contributed by atoms with Gasteiger partial charge in [-0.2, -0.15) is 0 Å². The molecule has 0 spiro atoms. The second-order valence-electron chi connectivity index (χ2n) is 6.70. The average Bonchev–Trinajstić information content (AvgIpc) is 3.05. The van der Waals surface area contributed by atoms with Crippen LogP contribution in [0.15, 0.2) is 28.8 Å². The van der Waals surface area contributed by atoms with Gasteiger partial charge in [0, 0.05) is 43.1 Å². The quantitative estimate of drug-likeness (QED) is 0.738. The smallest absolute Gasteiger partial charge is 0.253 e. The first-order chi connectivity index (χ1) is 13.5. The summed E-state index contributed by atoms with van der Waals surface area (Å²) in [5, 5.41) is 3.94. The first kappa shape index (κ1) is 20.3. The third-order valence-electron chi connectivity index (χ3n) is 4.91. The lowest BCUT2D eigenvalue weighted by Crippen LogP contribution is -2.51. The monoisotopic (exact) mass is 403 g/mol. The molecule has 1 aromatic carbocycles. The normalized spacial score (nSPS) is 14.2. The van der Waals surface area contributed by atoms with Crippen molar-refractivity contribution in [3.05, 3.63) is 46.8 Å². The highest BCUT2D eigenvalue weighted by molar-refractivity contribution is 7.99. The lowest BCUT2D eigenvalue weighted by molar-refractivity contribution is -0.129. The van der Waals surface area contributed by atoms with Gasteiger partial charge in [-0.3, -0.25) is 9.59 Å². The molecular formula is C20H25N3O4S. The number of rotatable bonds is 6. The first-order valence-corrected chi connectivity index (χ1v) is 10.4. The molecule has 150 valence electrons. The van der Waals surface area contributed by atoms with Gasteiger partial charge in [-0.15, -0.1) is 11.8 Å². The molecule has 1 aromatic heterocycles. The van der Waals surface area contributed by atoms with Crippen LogP contribution in [0.5, 0.6) is 5.75 Å². The van der Waals surface area contributed by atoms with E-state index < -0.39 is 0 Å². The molecule has 0 N–H and O–H groups in total. The molecule has 3 rings (SSSR count). The molecule has 8 heteroatoms. The molecule has 7 nitrogen and oxygen atoms in total. The van der Waals surface area contributed by atoms with Crippen LogP contribution in [-0.4, -0.2) is 65.8 Å². The SMILES string of the molecule is COc1ccc(C(=O)N2CCN(C(=O)CSCc3c(C)noc3C)CC2)cc1. The van der Waals surface area contributed by atoms with Crippen molar-refractivity contribution in [2.75, 3.05) is 39.0 Å². The summed E-state index contributed by atoms with van der Waals surface area (Å²) in [4.78, 5) is 28.7. The zero-order valence-electron chi connectivity index (χ0n) is 16.4. The van der Waals surface area contributed by atoms with Crippen molar-refractivity contribution in [2.45, 2.75) is 19.6 Å². The Kier molecular flexibility index (Phi) is 6.61. The molecule has 2 heterocycles. The van der Waals surface area contributed by atoms with E-state index in [0.717, 1.165) is 22.8 Å². The fraction of sp³-hybridized carbons (Fsp3) is 0.450. The van der Waals surface area contributed by atoms with E-state index in [1.807, 2.05) is 18.7 Å². The summed E-state index contributed by atoms with van der Waals surface area (Å²) in [6.45, 7) is 6.01. The minimum absolute atomic E-state index is 0.0115. The Bertz CT molecular complexity index is 807. The molecule has 28 heavy (non-hydrogen) atoms. The van der Waals surface area contributed by atoms with Crippen LogP contribution in [0, 0.1) is 13.8 Å². The topological polar surface area (TPSA) is 75.9 Å². The minimum Gasteiger partial charge on any atom is -0.497 e. The minimum atomic E-state index is -0.0115. The maximum atomic E-state index is 12.6. The number of aromatic nitrogens is 1. The van der Waals surface area contributed by atoms with Gasteiger partial charge in [0.15, 0.2) is 0 Å². The van der Waals surface area contributed by atoms with Gasteiger partial charge in [0.25, 0.3) is 5.91 Å². The number of thioether (sulfide) groups is 1. The fourth-order valence-corrected chi connectivity index (χ4v) is 4.19. The molecule has 0 saturated carbocycles. The fourth-order valence-electron chi connectivity index (χ4n) is 3.11. The van der Waals surface area contributed by atoms with Crippen molar-refractivity contribution in [3.63, 3.8) is 0 Å². The molecule has 2 amide bonds. The van der Waals surface area contributed by atoms with Crippen molar-refractivity contribution in [1.29, 1.82) is 0 Å². The second-order valence-corrected chi connectivity index (χ2v) is 7.68. The number of methoxy groups -OCH3 is 1. The number of piperazine rings is 1. The Morgan fingerprint density at radius 2 is 1.75 bits per heavy atom. The third-order valence-corrected chi connectivity index (χ3v) is 5.85. The molecule has 1 fully saturated rings. The van der Waals surface area contributed by atoms with E-state index in [0.29, 0.717) is 43.2 Å². The predicted octanol–water partition coefficient (Wildman–Crippen LogP) is 2.52. The number of hydrogen-bond acceptors (Lipinski definition) is 6. The van der Waals surface area contributed by atoms with E-state index in [2.05, 4.69) is 5.16 Å². The van der Waals surface area contributed by atoms with Crippen LogP contribution in [0.4, 0.5) is 0 Å². The number of nitrogens with zero attached hydrogens (tertiary/aromatic N) is 3. The number of amides is 2. The maximum Gasteiger partial charge on any atom is 0.253 e. The van der Waals surface area contributed by atoms with E-state index in [-0.39, 0.29) is 11.8 Å². The van der Waals surface area contributed by atoms with E-state index >= 15 is 0 Å². The number of carbonyl (C=O) groups excluding carboxylic acids is 2. The van der Waals surface area contributed by atoms with Crippen LogP contribution in [0.1, 0.15) is 27.4 Å². The summed E-state index contributed by atoms with van der Waals surface area (Å²) in [5.74, 6) is 2.75. The first-order valence-electron chi connectivity index (χ1n) is 9.20. The van der Waals surface area contributed by atoms with E-state index in [4.69, 9.17) is 9.26 Å². The lowest BCUT2D eigenvalue weighted by atomic mass is 10.1. The number of benzene rings is 1. The van der Waals surface area contributed by atoms with Gasteiger partial charge in [0.1, 0.15) is 11.5 Å². The van der Waals surface area contributed by atoms with E-state index in [1.54, 1.807) is 48.0 Å². The molecule has 1 saturated heterocycles. The number of ether oxygens (including phenoxy) is 1. The van der Waals surface area contributed by atoms with Gasteiger partial charge in [-0.05, 0) is 38.1 Å². The van der Waals surface area contributed by atoms with E-state index in [9.17, 15) is 9.59 Å². The van der Waals surface area contributed by atoms with Crippen LogP contribution in [0.25, 0.3) is 0 Å². The second kappa shape index (κ2) is 9.14. The van der Waals surface area contributed by atoms with Gasteiger partial charge < -0.3 is 19.1 Å². The molecule has 2 aromatic rings. The highest BCUT2D eigenvalue weighted by atomic mass is 32.2. The Labute approximate surface area is 169 Å². The Balaban J connectivity index is 1.45. The van der Waals surface area contributed by atoms with Crippen molar-refractivity contribution >= 4 is 23.6 Å². The highest BCUT2D eigenvalue weighted by Crippen LogP contribution is 2.20. The van der Waals surface area contributed by atoms with Gasteiger partial charge in [0.05, 0.1) is 18.6 Å². The van der Waals surface area contributed by atoms with Crippen LogP contribution in [0.3, 0.4) is 0 Å². The lowest BCUT2D eigenvalue weighted by Gasteiger charge is -2.34.